The third-order valence-electron chi connectivity index (χ3n) is 2.73. The van der Waals surface area contributed by atoms with E-state index < -0.39 is 9.05 Å². The van der Waals surface area contributed by atoms with Gasteiger partial charge in [-0.3, -0.25) is 4.79 Å². The molecule has 0 aliphatic carbocycles. The summed E-state index contributed by atoms with van der Waals surface area (Å²) in [4.78, 5) is 11.5. The molecule has 0 saturated carbocycles. The van der Waals surface area contributed by atoms with Crippen LogP contribution in [0.4, 0.5) is 0 Å². The fourth-order valence-electron chi connectivity index (χ4n) is 1.43. The molecule has 1 atom stereocenters. The lowest BCUT2D eigenvalue weighted by molar-refractivity contribution is -0.148. The zero-order valence-electron chi connectivity index (χ0n) is 10.9. The van der Waals surface area contributed by atoms with Gasteiger partial charge in [-0.25, -0.2) is 8.42 Å². The summed E-state index contributed by atoms with van der Waals surface area (Å²) in [5, 5.41) is 0. The lowest BCUT2D eigenvalue weighted by atomic mass is 10.1. The van der Waals surface area contributed by atoms with Crippen LogP contribution >= 0.6 is 10.7 Å². The van der Waals surface area contributed by atoms with Crippen LogP contribution in [0.5, 0.6) is 0 Å². The van der Waals surface area contributed by atoms with Gasteiger partial charge in [0.1, 0.15) is 0 Å². The molecule has 0 heterocycles. The maximum absolute atomic E-state index is 11.5. The third-order valence-corrected chi connectivity index (χ3v) is 4.10. The number of carbonyl (C=O) groups excluding carboxylic acids is 1. The Morgan fingerprint density at radius 3 is 2.37 bits per heavy atom. The number of rotatable bonds is 6. The predicted molar refractivity (Wildman–Crippen MR) is 73.6 cm³/mol. The van der Waals surface area contributed by atoms with Crippen LogP contribution in [0, 0.1) is 0 Å². The zero-order chi connectivity index (χ0) is 14.5. The second-order valence-electron chi connectivity index (χ2n) is 4.29. The highest BCUT2D eigenvalue weighted by Crippen LogP contribution is 2.16. The first-order chi connectivity index (χ1) is 8.82. The van der Waals surface area contributed by atoms with Crippen LogP contribution < -0.4 is 0 Å². The number of esters is 1. The van der Waals surface area contributed by atoms with Crippen LogP contribution in [0.25, 0.3) is 0 Å². The van der Waals surface area contributed by atoms with Gasteiger partial charge in [0, 0.05) is 17.1 Å². The zero-order valence-corrected chi connectivity index (χ0v) is 12.5. The first-order valence-corrected chi connectivity index (χ1v) is 8.37. The Balaban J connectivity index is 2.53. The van der Waals surface area contributed by atoms with E-state index in [1.807, 2.05) is 13.8 Å². The molecule has 0 aliphatic heterocycles. The summed E-state index contributed by atoms with van der Waals surface area (Å²) in [5.74, 6) is -0.247. The van der Waals surface area contributed by atoms with Crippen LogP contribution in [0.3, 0.4) is 0 Å². The molecule has 0 aromatic heterocycles. The van der Waals surface area contributed by atoms with Gasteiger partial charge in [0.25, 0.3) is 9.05 Å². The maximum Gasteiger partial charge on any atom is 0.306 e. The molecule has 0 aliphatic rings. The summed E-state index contributed by atoms with van der Waals surface area (Å²) < 4.78 is 27.3. The number of hydrogen-bond donors (Lipinski definition) is 0. The van der Waals surface area contributed by atoms with E-state index in [-0.39, 0.29) is 23.4 Å². The topological polar surface area (TPSA) is 60.4 Å². The SMILES string of the molecule is CCC(C)OC(=O)CCc1ccc(S(=O)(=O)Cl)cc1. The smallest absolute Gasteiger partial charge is 0.306 e. The molecule has 1 aromatic rings. The van der Waals surface area contributed by atoms with Crippen molar-refractivity contribution in [2.75, 3.05) is 0 Å². The van der Waals surface area contributed by atoms with Crippen molar-refractivity contribution < 1.29 is 17.9 Å². The van der Waals surface area contributed by atoms with Gasteiger partial charge in [-0.05, 0) is 37.5 Å². The van der Waals surface area contributed by atoms with Crippen molar-refractivity contribution in [3.05, 3.63) is 29.8 Å². The largest absolute Gasteiger partial charge is 0.463 e. The van der Waals surface area contributed by atoms with Crippen LogP contribution in [0.1, 0.15) is 32.3 Å². The Bertz CT molecular complexity index is 522. The molecule has 6 heteroatoms. The number of aryl methyl sites for hydroxylation is 1. The van der Waals surface area contributed by atoms with Gasteiger partial charge in [-0.2, -0.15) is 0 Å². The molecule has 0 N–H and O–H groups in total. The molecule has 1 aromatic carbocycles. The second-order valence-corrected chi connectivity index (χ2v) is 6.86. The number of ether oxygens (including phenoxy) is 1. The monoisotopic (exact) mass is 304 g/mol. The molecule has 0 spiro atoms. The normalized spacial score (nSPS) is 13.0. The molecule has 1 rings (SSSR count). The molecule has 0 saturated heterocycles. The summed E-state index contributed by atoms with van der Waals surface area (Å²) >= 11 is 0. The lowest BCUT2D eigenvalue weighted by Gasteiger charge is -2.10. The molecule has 0 amide bonds. The van der Waals surface area contributed by atoms with Crippen molar-refractivity contribution in [1.82, 2.24) is 0 Å². The molecular formula is C13H17ClO4S. The van der Waals surface area contributed by atoms with Gasteiger partial charge in [-0.1, -0.05) is 19.1 Å². The fraction of sp³-hybridized carbons (Fsp3) is 0.462. The fourth-order valence-corrected chi connectivity index (χ4v) is 2.20. The highest BCUT2D eigenvalue weighted by Gasteiger charge is 2.10. The minimum Gasteiger partial charge on any atom is -0.463 e. The number of benzene rings is 1. The Morgan fingerprint density at radius 2 is 1.89 bits per heavy atom. The van der Waals surface area contributed by atoms with Crippen LogP contribution in [-0.4, -0.2) is 20.5 Å². The van der Waals surface area contributed by atoms with Gasteiger partial charge in [0.15, 0.2) is 0 Å². The Kier molecular flexibility index (Phi) is 5.82. The molecule has 0 bridgehead atoms. The maximum atomic E-state index is 11.5. The van der Waals surface area contributed by atoms with Crippen LogP contribution in [0.2, 0.25) is 0 Å². The van der Waals surface area contributed by atoms with E-state index in [4.69, 9.17) is 15.4 Å². The van der Waals surface area contributed by atoms with E-state index in [2.05, 4.69) is 0 Å². The van der Waals surface area contributed by atoms with E-state index in [0.29, 0.717) is 6.42 Å². The molecule has 4 nitrogen and oxygen atoms in total. The van der Waals surface area contributed by atoms with Crippen molar-refractivity contribution in [1.29, 1.82) is 0 Å². The molecule has 1 unspecified atom stereocenters. The van der Waals surface area contributed by atoms with Crippen LogP contribution in [0.15, 0.2) is 29.2 Å². The molecule has 19 heavy (non-hydrogen) atoms. The van der Waals surface area contributed by atoms with Gasteiger partial charge < -0.3 is 4.74 Å². The Morgan fingerprint density at radius 1 is 1.32 bits per heavy atom. The van der Waals surface area contributed by atoms with E-state index in [1.54, 1.807) is 12.1 Å². The number of carbonyl (C=O) groups is 1. The molecule has 0 radical (unpaired) electrons. The van der Waals surface area contributed by atoms with Crippen molar-refractivity contribution in [2.24, 2.45) is 0 Å². The minimum atomic E-state index is -3.69. The quantitative estimate of drug-likeness (QED) is 0.599. The van der Waals surface area contributed by atoms with Crippen molar-refractivity contribution in [3.8, 4) is 0 Å². The van der Waals surface area contributed by atoms with Gasteiger partial charge in [0.2, 0.25) is 0 Å². The standard InChI is InChI=1S/C13H17ClO4S/c1-3-10(2)18-13(15)9-6-11-4-7-12(8-5-11)19(14,16)17/h4-5,7-8,10H,3,6,9H2,1-2H3. The first-order valence-electron chi connectivity index (χ1n) is 6.06. The van der Waals surface area contributed by atoms with E-state index in [1.165, 1.54) is 12.1 Å². The van der Waals surface area contributed by atoms with Crippen molar-refractivity contribution >= 4 is 25.7 Å². The minimum absolute atomic E-state index is 0.0556. The van der Waals surface area contributed by atoms with Crippen molar-refractivity contribution in [3.63, 3.8) is 0 Å². The molecule has 0 fully saturated rings. The molecule has 106 valence electrons. The van der Waals surface area contributed by atoms with E-state index in [0.717, 1.165) is 12.0 Å². The van der Waals surface area contributed by atoms with Crippen molar-refractivity contribution in [2.45, 2.75) is 44.1 Å². The van der Waals surface area contributed by atoms with Crippen LogP contribution in [-0.2, 0) is 25.0 Å². The van der Waals surface area contributed by atoms with Gasteiger partial charge >= 0.3 is 5.97 Å². The summed E-state index contributed by atoms with van der Waals surface area (Å²) in [7, 11) is 1.52. The van der Waals surface area contributed by atoms with E-state index >= 15 is 0 Å². The summed E-state index contributed by atoms with van der Waals surface area (Å²) in [6.07, 6.45) is 1.50. The predicted octanol–water partition coefficient (Wildman–Crippen LogP) is 2.89. The van der Waals surface area contributed by atoms with Gasteiger partial charge in [0.05, 0.1) is 11.0 Å². The van der Waals surface area contributed by atoms with Gasteiger partial charge in [-0.15, -0.1) is 0 Å². The van der Waals surface area contributed by atoms with E-state index in [9.17, 15) is 13.2 Å². The Hall–Kier alpha value is -1.07. The Labute approximate surface area is 118 Å². The first kappa shape index (κ1) is 16.0. The number of halogens is 1. The average Bonchev–Trinajstić information content (AvgIpc) is 2.35. The summed E-state index contributed by atoms with van der Waals surface area (Å²) in [6.45, 7) is 3.79. The third kappa shape index (κ3) is 5.61. The lowest BCUT2D eigenvalue weighted by Crippen LogP contribution is -2.14. The molecular weight excluding hydrogens is 288 g/mol. The highest BCUT2D eigenvalue weighted by atomic mass is 35.7. The highest BCUT2D eigenvalue weighted by molar-refractivity contribution is 8.13. The number of hydrogen-bond acceptors (Lipinski definition) is 4. The summed E-state index contributed by atoms with van der Waals surface area (Å²) in [6, 6.07) is 6.15. The average molecular weight is 305 g/mol. The second kappa shape index (κ2) is 6.91. The summed E-state index contributed by atoms with van der Waals surface area (Å²) in [5.41, 5.74) is 0.866.